The Morgan fingerprint density at radius 2 is 2.27 bits per heavy atom. The highest BCUT2D eigenvalue weighted by Gasteiger charge is 2.25. The molecule has 0 fully saturated rings. The third kappa shape index (κ3) is 3.19. The van der Waals surface area contributed by atoms with E-state index in [1.807, 2.05) is 28.8 Å². The Hall–Kier alpha value is -1.75. The lowest BCUT2D eigenvalue weighted by molar-refractivity contribution is -0.136. The van der Waals surface area contributed by atoms with Gasteiger partial charge in [0.15, 0.2) is 0 Å². The summed E-state index contributed by atoms with van der Waals surface area (Å²) in [6.07, 6.45) is 6.69. The largest absolute Gasteiger partial charge is 0.338 e. The lowest BCUT2D eigenvalue weighted by Gasteiger charge is -2.31. The van der Waals surface area contributed by atoms with Crippen molar-refractivity contribution in [1.29, 1.82) is 0 Å². The molecule has 0 bridgehead atoms. The number of amides is 1. The van der Waals surface area contributed by atoms with Gasteiger partial charge in [-0.05, 0) is 42.0 Å². The summed E-state index contributed by atoms with van der Waals surface area (Å²) in [5.74, 6) is 0.169. The van der Waals surface area contributed by atoms with Gasteiger partial charge in [0.1, 0.15) is 0 Å². The van der Waals surface area contributed by atoms with Crippen molar-refractivity contribution >= 4 is 17.7 Å². The lowest BCUT2D eigenvalue weighted by atomic mass is 9.98. The first kappa shape index (κ1) is 15.2. The van der Waals surface area contributed by atoms with Gasteiger partial charge in [-0.3, -0.25) is 9.48 Å². The third-order valence-electron chi connectivity index (χ3n) is 4.18. The molecule has 0 aliphatic carbocycles. The first-order valence-corrected chi connectivity index (χ1v) is 8.82. The highest BCUT2D eigenvalue weighted by atomic mass is 32.2. The number of thioether (sulfide) groups is 1. The van der Waals surface area contributed by atoms with Crippen LogP contribution in [0.15, 0.2) is 41.6 Å². The first-order valence-electron chi connectivity index (χ1n) is 7.59. The zero-order valence-electron chi connectivity index (χ0n) is 13.0. The van der Waals surface area contributed by atoms with E-state index in [1.165, 1.54) is 16.0 Å². The molecule has 0 spiro atoms. The molecular formula is C17H21N3OS. The molecular weight excluding hydrogens is 294 g/mol. The highest BCUT2D eigenvalue weighted by molar-refractivity contribution is 7.98. The maximum absolute atomic E-state index is 12.6. The van der Waals surface area contributed by atoms with Crippen molar-refractivity contribution in [2.45, 2.75) is 31.3 Å². The molecule has 5 heteroatoms. The van der Waals surface area contributed by atoms with E-state index in [0.29, 0.717) is 6.54 Å². The van der Waals surface area contributed by atoms with E-state index in [2.05, 4.69) is 29.6 Å². The molecule has 0 saturated carbocycles. The molecule has 2 heterocycles. The zero-order chi connectivity index (χ0) is 15.5. The van der Waals surface area contributed by atoms with Crippen molar-refractivity contribution in [3.8, 4) is 0 Å². The van der Waals surface area contributed by atoms with E-state index in [0.717, 1.165) is 19.5 Å². The molecule has 4 nitrogen and oxygen atoms in total. The predicted molar refractivity (Wildman–Crippen MR) is 88.7 cm³/mol. The number of hydrogen-bond acceptors (Lipinski definition) is 3. The Labute approximate surface area is 135 Å². The molecule has 1 aliphatic heterocycles. The van der Waals surface area contributed by atoms with Gasteiger partial charge in [0.2, 0.25) is 5.91 Å². The summed E-state index contributed by atoms with van der Waals surface area (Å²) in [6.45, 7) is 4.16. The van der Waals surface area contributed by atoms with Gasteiger partial charge < -0.3 is 4.90 Å². The number of carbonyl (C=O) groups is 1. The number of aromatic nitrogens is 2. The van der Waals surface area contributed by atoms with Crippen molar-refractivity contribution in [3.63, 3.8) is 0 Å². The summed E-state index contributed by atoms with van der Waals surface area (Å²) >= 11 is 1.77. The van der Waals surface area contributed by atoms with Crippen molar-refractivity contribution in [2.75, 3.05) is 12.8 Å². The van der Waals surface area contributed by atoms with Crippen LogP contribution in [0.3, 0.4) is 0 Å². The molecule has 0 radical (unpaired) electrons. The molecule has 116 valence electrons. The summed E-state index contributed by atoms with van der Waals surface area (Å²) in [5, 5.41) is 4.18. The first-order chi connectivity index (χ1) is 10.7. The van der Waals surface area contributed by atoms with Crippen LogP contribution in [0.2, 0.25) is 0 Å². The van der Waals surface area contributed by atoms with Crippen LogP contribution in [-0.2, 0) is 24.3 Å². The molecule has 1 aliphatic rings. The molecule has 1 amide bonds. The molecule has 0 N–H and O–H groups in total. The van der Waals surface area contributed by atoms with Crippen molar-refractivity contribution in [1.82, 2.24) is 14.7 Å². The fraction of sp³-hybridized carbons (Fsp3) is 0.412. The van der Waals surface area contributed by atoms with E-state index in [4.69, 9.17) is 0 Å². The van der Waals surface area contributed by atoms with Gasteiger partial charge in [0.05, 0.1) is 12.5 Å². The van der Waals surface area contributed by atoms with E-state index >= 15 is 0 Å². The van der Waals surface area contributed by atoms with Crippen LogP contribution in [0, 0.1) is 5.92 Å². The van der Waals surface area contributed by atoms with E-state index in [9.17, 15) is 4.79 Å². The monoisotopic (exact) mass is 315 g/mol. The zero-order valence-corrected chi connectivity index (χ0v) is 13.8. The van der Waals surface area contributed by atoms with Gasteiger partial charge in [-0.2, -0.15) is 5.10 Å². The molecule has 2 aromatic rings. The summed E-state index contributed by atoms with van der Waals surface area (Å²) in [4.78, 5) is 15.9. The second-order valence-electron chi connectivity index (χ2n) is 5.77. The van der Waals surface area contributed by atoms with Gasteiger partial charge in [-0.15, -0.1) is 11.8 Å². The molecule has 1 atom stereocenters. The van der Waals surface area contributed by atoms with Crippen LogP contribution >= 0.6 is 11.8 Å². The van der Waals surface area contributed by atoms with Crippen LogP contribution in [0.4, 0.5) is 0 Å². The SMILES string of the molecule is CSc1ccc2c(c1)CCN(C(=O)C(C)Cn1cccn1)C2. The van der Waals surface area contributed by atoms with Gasteiger partial charge in [0.25, 0.3) is 0 Å². The summed E-state index contributed by atoms with van der Waals surface area (Å²) in [5.41, 5.74) is 2.67. The van der Waals surface area contributed by atoms with Crippen LogP contribution in [-0.4, -0.2) is 33.4 Å². The quantitative estimate of drug-likeness (QED) is 0.814. The number of carbonyl (C=O) groups excluding carboxylic acids is 1. The normalized spacial score (nSPS) is 15.5. The average Bonchev–Trinajstić information content (AvgIpc) is 3.06. The van der Waals surface area contributed by atoms with Gasteiger partial charge in [-0.25, -0.2) is 0 Å². The minimum Gasteiger partial charge on any atom is -0.338 e. The van der Waals surface area contributed by atoms with Gasteiger partial charge in [-0.1, -0.05) is 13.0 Å². The molecule has 1 unspecified atom stereocenters. The number of fused-ring (bicyclic) bond motifs is 1. The Kier molecular flexibility index (Phi) is 4.52. The number of rotatable bonds is 4. The lowest BCUT2D eigenvalue weighted by Crippen LogP contribution is -2.40. The molecule has 3 rings (SSSR count). The number of nitrogens with zero attached hydrogens (tertiary/aromatic N) is 3. The highest BCUT2D eigenvalue weighted by Crippen LogP contribution is 2.25. The second-order valence-corrected chi connectivity index (χ2v) is 6.65. The molecule has 1 aromatic heterocycles. The molecule has 22 heavy (non-hydrogen) atoms. The standard InChI is InChI=1S/C17H21N3OS/c1-13(11-20-8-3-7-18-20)17(21)19-9-6-14-10-16(22-2)5-4-15(14)12-19/h3-5,7-8,10,13H,6,9,11-12H2,1-2H3. The van der Waals surface area contributed by atoms with Crippen molar-refractivity contribution in [2.24, 2.45) is 5.92 Å². The van der Waals surface area contributed by atoms with Gasteiger partial charge in [0, 0.05) is 30.4 Å². The fourth-order valence-electron chi connectivity index (χ4n) is 2.92. The number of hydrogen-bond donors (Lipinski definition) is 0. The van der Waals surface area contributed by atoms with Crippen LogP contribution < -0.4 is 0 Å². The third-order valence-corrected chi connectivity index (χ3v) is 4.90. The average molecular weight is 315 g/mol. The smallest absolute Gasteiger partial charge is 0.227 e. The number of benzene rings is 1. The van der Waals surface area contributed by atoms with Crippen LogP contribution in [0.5, 0.6) is 0 Å². The maximum Gasteiger partial charge on any atom is 0.227 e. The Balaban J connectivity index is 1.67. The van der Waals surface area contributed by atoms with Crippen molar-refractivity contribution < 1.29 is 4.79 Å². The summed E-state index contributed by atoms with van der Waals surface area (Å²) in [6, 6.07) is 8.45. The minimum absolute atomic E-state index is 0.0491. The van der Waals surface area contributed by atoms with E-state index < -0.39 is 0 Å². The summed E-state index contributed by atoms with van der Waals surface area (Å²) < 4.78 is 1.82. The summed E-state index contributed by atoms with van der Waals surface area (Å²) in [7, 11) is 0. The van der Waals surface area contributed by atoms with E-state index in [1.54, 1.807) is 18.0 Å². The predicted octanol–water partition coefficient (Wildman–Crippen LogP) is 2.83. The van der Waals surface area contributed by atoms with Crippen LogP contribution in [0.1, 0.15) is 18.1 Å². The van der Waals surface area contributed by atoms with Crippen LogP contribution in [0.25, 0.3) is 0 Å². The Morgan fingerprint density at radius 3 is 3.00 bits per heavy atom. The van der Waals surface area contributed by atoms with E-state index in [-0.39, 0.29) is 11.8 Å². The topological polar surface area (TPSA) is 38.1 Å². The molecule has 0 saturated heterocycles. The van der Waals surface area contributed by atoms with Crippen molar-refractivity contribution in [3.05, 3.63) is 47.8 Å². The second kappa shape index (κ2) is 6.57. The minimum atomic E-state index is -0.0491. The maximum atomic E-state index is 12.6. The fourth-order valence-corrected chi connectivity index (χ4v) is 3.39. The Morgan fingerprint density at radius 1 is 1.41 bits per heavy atom. The molecule has 1 aromatic carbocycles. The Bertz CT molecular complexity index is 654. The van der Waals surface area contributed by atoms with Gasteiger partial charge >= 0.3 is 0 Å².